The lowest BCUT2D eigenvalue weighted by Crippen LogP contribution is -2.44. The van der Waals surface area contributed by atoms with Gasteiger partial charge in [-0.3, -0.25) is 15.0 Å². The molecule has 0 spiro atoms. The van der Waals surface area contributed by atoms with E-state index >= 15 is 0 Å². The first-order valence-electron chi connectivity index (χ1n) is 6.93. The number of ether oxygens (including phenoxy) is 1. The van der Waals surface area contributed by atoms with Gasteiger partial charge in [0.2, 0.25) is 0 Å². The SMILES string of the molecule is CCC1COCCN1Cc1cccc([N+](=O)[O-])c1NC. The van der Waals surface area contributed by atoms with Crippen molar-refractivity contribution < 1.29 is 9.66 Å². The fourth-order valence-corrected chi connectivity index (χ4v) is 2.65. The molecule has 1 aliphatic rings. The van der Waals surface area contributed by atoms with Crippen molar-refractivity contribution in [2.75, 3.05) is 32.1 Å². The maximum Gasteiger partial charge on any atom is 0.292 e. The topological polar surface area (TPSA) is 67.6 Å². The summed E-state index contributed by atoms with van der Waals surface area (Å²) in [5.41, 5.74) is 1.70. The molecular formula is C14H21N3O3. The molecule has 1 saturated heterocycles. The van der Waals surface area contributed by atoms with Crippen molar-refractivity contribution >= 4 is 11.4 Å². The zero-order valence-electron chi connectivity index (χ0n) is 12.0. The first-order chi connectivity index (χ1) is 9.67. The van der Waals surface area contributed by atoms with Gasteiger partial charge in [0.1, 0.15) is 5.69 Å². The van der Waals surface area contributed by atoms with E-state index < -0.39 is 0 Å². The summed E-state index contributed by atoms with van der Waals surface area (Å²) in [7, 11) is 1.72. The summed E-state index contributed by atoms with van der Waals surface area (Å²) in [5, 5.41) is 14.0. The van der Waals surface area contributed by atoms with E-state index in [1.54, 1.807) is 13.1 Å². The highest BCUT2D eigenvalue weighted by molar-refractivity contribution is 5.66. The minimum atomic E-state index is -0.341. The monoisotopic (exact) mass is 279 g/mol. The lowest BCUT2D eigenvalue weighted by molar-refractivity contribution is -0.384. The molecule has 1 aromatic rings. The summed E-state index contributed by atoms with van der Waals surface area (Å²) in [4.78, 5) is 13.1. The molecule has 20 heavy (non-hydrogen) atoms. The number of rotatable bonds is 5. The Bertz CT molecular complexity index is 479. The van der Waals surface area contributed by atoms with Crippen LogP contribution in [0.3, 0.4) is 0 Å². The minimum absolute atomic E-state index is 0.131. The zero-order valence-corrected chi connectivity index (χ0v) is 12.0. The van der Waals surface area contributed by atoms with Gasteiger partial charge in [0.25, 0.3) is 5.69 Å². The van der Waals surface area contributed by atoms with Crippen molar-refractivity contribution in [1.29, 1.82) is 0 Å². The van der Waals surface area contributed by atoms with Gasteiger partial charge < -0.3 is 10.1 Å². The summed E-state index contributed by atoms with van der Waals surface area (Å²) in [6.45, 7) is 5.17. The maximum absolute atomic E-state index is 11.1. The number of nitro groups is 1. The van der Waals surface area contributed by atoms with Crippen molar-refractivity contribution in [3.8, 4) is 0 Å². The molecule has 1 aromatic carbocycles. The molecule has 2 rings (SSSR count). The Balaban J connectivity index is 2.24. The van der Waals surface area contributed by atoms with Crippen LogP contribution in [-0.4, -0.2) is 42.7 Å². The predicted octanol–water partition coefficient (Wildman–Crippen LogP) is 2.25. The third-order valence-electron chi connectivity index (χ3n) is 3.77. The molecule has 1 N–H and O–H groups in total. The summed E-state index contributed by atoms with van der Waals surface area (Å²) >= 11 is 0. The lowest BCUT2D eigenvalue weighted by Gasteiger charge is -2.35. The van der Waals surface area contributed by atoms with Gasteiger partial charge in [0.05, 0.1) is 18.1 Å². The predicted molar refractivity (Wildman–Crippen MR) is 78.0 cm³/mol. The van der Waals surface area contributed by atoms with Gasteiger partial charge in [-0.15, -0.1) is 0 Å². The summed E-state index contributed by atoms with van der Waals surface area (Å²) < 4.78 is 5.49. The number of hydrogen-bond acceptors (Lipinski definition) is 5. The average molecular weight is 279 g/mol. The molecule has 0 radical (unpaired) electrons. The van der Waals surface area contributed by atoms with Gasteiger partial charge in [-0.25, -0.2) is 0 Å². The van der Waals surface area contributed by atoms with Crippen LogP contribution in [0.25, 0.3) is 0 Å². The molecule has 1 atom stereocenters. The molecule has 0 aromatic heterocycles. The molecule has 1 heterocycles. The second-order valence-electron chi connectivity index (χ2n) is 4.93. The molecule has 6 heteroatoms. The first-order valence-corrected chi connectivity index (χ1v) is 6.93. The van der Waals surface area contributed by atoms with Crippen LogP contribution < -0.4 is 5.32 Å². The zero-order chi connectivity index (χ0) is 14.5. The van der Waals surface area contributed by atoms with Crippen molar-refractivity contribution in [3.05, 3.63) is 33.9 Å². The van der Waals surface area contributed by atoms with Crippen molar-refractivity contribution in [3.63, 3.8) is 0 Å². The van der Waals surface area contributed by atoms with E-state index in [1.807, 2.05) is 6.07 Å². The van der Waals surface area contributed by atoms with Crippen LogP contribution in [0, 0.1) is 10.1 Å². The molecule has 1 fully saturated rings. The number of hydrogen-bond donors (Lipinski definition) is 1. The number of nitro benzene ring substituents is 1. The molecule has 6 nitrogen and oxygen atoms in total. The van der Waals surface area contributed by atoms with Crippen LogP contribution in [0.1, 0.15) is 18.9 Å². The fraction of sp³-hybridized carbons (Fsp3) is 0.571. The lowest BCUT2D eigenvalue weighted by atomic mass is 10.1. The van der Waals surface area contributed by atoms with Crippen molar-refractivity contribution in [2.45, 2.75) is 25.9 Å². The third-order valence-corrected chi connectivity index (χ3v) is 3.77. The highest BCUT2D eigenvalue weighted by Crippen LogP contribution is 2.29. The van der Waals surface area contributed by atoms with Crippen LogP contribution >= 0.6 is 0 Å². The number of nitrogens with zero attached hydrogens (tertiary/aromatic N) is 2. The van der Waals surface area contributed by atoms with Gasteiger partial charge in [-0.2, -0.15) is 0 Å². The van der Waals surface area contributed by atoms with Crippen LogP contribution in [0.5, 0.6) is 0 Å². The van der Waals surface area contributed by atoms with Gasteiger partial charge in [0, 0.05) is 32.2 Å². The molecule has 110 valence electrons. The van der Waals surface area contributed by atoms with Crippen LogP contribution in [-0.2, 0) is 11.3 Å². The van der Waals surface area contributed by atoms with E-state index in [2.05, 4.69) is 17.1 Å². The van der Waals surface area contributed by atoms with Crippen molar-refractivity contribution in [2.24, 2.45) is 0 Å². The van der Waals surface area contributed by atoms with Gasteiger partial charge >= 0.3 is 0 Å². The molecule has 1 aliphatic heterocycles. The number of nitrogens with one attached hydrogen (secondary N) is 1. The van der Waals surface area contributed by atoms with E-state index in [0.717, 1.165) is 31.7 Å². The van der Waals surface area contributed by atoms with E-state index in [1.165, 1.54) is 6.07 Å². The quantitative estimate of drug-likeness (QED) is 0.661. The van der Waals surface area contributed by atoms with E-state index in [9.17, 15) is 10.1 Å². The molecule has 0 saturated carbocycles. The Morgan fingerprint density at radius 3 is 3.00 bits per heavy atom. The Morgan fingerprint density at radius 2 is 2.35 bits per heavy atom. The third kappa shape index (κ3) is 3.08. The highest BCUT2D eigenvalue weighted by atomic mass is 16.6. The number of morpholine rings is 1. The normalized spacial score (nSPS) is 19.8. The van der Waals surface area contributed by atoms with E-state index in [-0.39, 0.29) is 10.6 Å². The fourth-order valence-electron chi connectivity index (χ4n) is 2.65. The smallest absolute Gasteiger partial charge is 0.292 e. The van der Waals surface area contributed by atoms with Gasteiger partial charge in [-0.05, 0) is 12.0 Å². The number of benzene rings is 1. The van der Waals surface area contributed by atoms with Gasteiger partial charge in [0.15, 0.2) is 0 Å². The minimum Gasteiger partial charge on any atom is -0.382 e. The van der Waals surface area contributed by atoms with Gasteiger partial charge in [-0.1, -0.05) is 19.1 Å². The van der Waals surface area contributed by atoms with Crippen LogP contribution in [0.2, 0.25) is 0 Å². The molecule has 0 aliphatic carbocycles. The molecule has 1 unspecified atom stereocenters. The summed E-state index contributed by atoms with van der Waals surface area (Å²) in [6.07, 6.45) is 1.02. The second kappa shape index (κ2) is 6.67. The standard InChI is InChI=1S/C14H21N3O3/c1-3-12-10-20-8-7-16(12)9-11-5-4-6-13(17(18)19)14(11)15-2/h4-6,12,15H,3,7-10H2,1-2H3. The van der Waals surface area contributed by atoms with E-state index in [0.29, 0.717) is 18.3 Å². The highest BCUT2D eigenvalue weighted by Gasteiger charge is 2.24. The Kier molecular flexibility index (Phi) is 4.92. The summed E-state index contributed by atoms with van der Waals surface area (Å²) in [6, 6.07) is 5.61. The Morgan fingerprint density at radius 1 is 1.55 bits per heavy atom. The van der Waals surface area contributed by atoms with Crippen LogP contribution in [0.15, 0.2) is 18.2 Å². The molecular weight excluding hydrogens is 258 g/mol. The molecule has 0 bridgehead atoms. The number of para-hydroxylation sites is 1. The molecule has 0 amide bonds. The van der Waals surface area contributed by atoms with Crippen LogP contribution in [0.4, 0.5) is 11.4 Å². The number of anilines is 1. The summed E-state index contributed by atoms with van der Waals surface area (Å²) in [5.74, 6) is 0. The Labute approximate surface area is 118 Å². The first kappa shape index (κ1) is 14.7. The maximum atomic E-state index is 11.1. The van der Waals surface area contributed by atoms with Crippen molar-refractivity contribution in [1.82, 2.24) is 4.90 Å². The Hall–Kier alpha value is -1.66. The second-order valence-corrected chi connectivity index (χ2v) is 4.93. The van der Waals surface area contributed by atoms with E-state index in [4.69, 9.17) is 4.74 Å². The largest absolute Gasteiger partial charge is 0.382 e. The average Bonchev–Trinajstić information content (AvgIpc) is 2.47.